The minimum Gasteiger partial charge on any atom is -0.489 e. The number of amides is 1. The molecular formula is C20H25F2IN4O2. The maximum atomic E-state index is 13.6. The molecule has 0 atom stereocenters. The third-order valence-corrected chi connectivity index (χ3v) is 3.71. The summed E-state index contributed by atoms with van der Waals surface area (Å²) >= 11 is 0. The van der Waals surface area contributed by atoms with Gasteiger partial charge in [0, 0.05) is 20.2 Å². The van der Waals surface area contributed by atoms with E-state index in [1.54, 1.807) is 14.1 Å². The van der Waals surface area contributed by atoms with Crippen LogP contribution < -0.4 is 15.4 Å². The van der Waals surface area contributed by atoms with Crippen LogP contribution in [-0.2, 0) is 11.3 Å². The molecule has 1 amide bonds. The van der Waals surface area contributed by atoms with Crippen molar-refractivity contribution in [2.75, 3.05) is 33.8 Å². The second kappa shape index (κ2) is 12.9. The van der Waals surface area contributed by atoms with Crippen molar-refractivity contribution in [3.8, 4) is 5.75 Å². The summed E-state index contributed by atoms with van der Waals surface area (Å²) in [5.74, 6) is -1.11. The van der Waals surface area contributed by atoms with Crippen molar-refractivity contribution in [2.45, 2.75) is 6.54 Å². The van der Waals surface area contributed by atoms with Gasteiger partial charge in [0.05, 0.1) is 19.6 Å². The number of rotatable bonds is 8. The number of nitrogens with one attached hydrogen (secondary N) is 2. The van der Waals surface area contributed by atoms with E-state index in [0.29, 0.717) is 19.0 Å². The van der Waals surface area contributed by atoms with Crippen LogP contribution in [0.3, 0.4) is 0 Å². The Bertz CT molecular complexity index is 804. The van der Waals surface area contributed by atoms with Crippen LogP contribution >= 0.6 is 24.0 Å². The quantitative estimate of drug-likeness (QED) is 0.244. The molecule has 0 aliphatic rings. The molecule has 0 radical (unpaired) electrons. The predicted molar refractivity (Wildman–Crippen MR) is 120 cm³/mol. The zero-order chi connectivity index (χ0) is 20.4. The van der Waals surface area contributed by atoms with Crippen LogP contribution in [0.5, 0.6) is 5.75 Å². The van der Waals surface area contributed by atoms with Crippen LogP contribution in [0, 0.1) is 11.6 Å². The van der Waals surface area contributed by atoms with Gasteiger partial charge in [-0.15, -0.1) is 24.0 Å². The highest BCUT2D eigenvalue weighted by Gasteiger charge is 2.07. The average Bonchev–Trinajstić information content (AvgIpc) is 2.68. The van der Waals surface area contributed by atoms with E-state index in [1.807, 2.05) is 30.3 Å². The Morgan fingerprint density at radius 3 is 2.48 bits per heavy atom. The summed E-state index contributed by atoms with van der Waals surface area (Å²) in [5, 5.41) is 5.99. The number of halogens is 3. The fraction of sp³-hybridized carbons (Fsp3) is 0.300. The lowest BCUT2D eigenvalue weighted by Gasteiger charge is -2.15. The van der Waals surface area contributed by atoms with E-state index < -0.39 is 11.6 Å². The molecule has 0 saturated carbocycles. The van der Waals surface area contributed by atoms with E-state index in [4.69, 9.17) is 4.74 Å². The van der Waals surface area contributed by atoms with Crippen molar-refractivity contribution in [3.63, 3.8) is 0 Å². The van der Waals surface area contributed by atoms with Crippen LogP contribution in [0.4, 0.5) is 8.78 Å². The molecule has 0 aromatic heterocycles. The summed E-state index contributed by atoms with van der Waals surface area (Å²) in [5.41, 5.74) is 1.02. The van der Waals surface area contributed by atoms with Gasteiger partial charge < -0.3 is 20.3 Å². The Kier molecular flexibility index (Phi) is 11.0. The SMILES string of the molecule is CN(C)C(=O)CNC(=NCc1ccccc1)NCCOc1ccc(F)cc1F.I. The van der Waals surface area contributed by atoms with Gasteiger partial charge >= 0.3 is 0 Å². The largest absolute Gasteiger partial charge is 0.489 e. The van der Waals surface area contributed by atoms with E-state index in [-0.39, 0.29) is 48.8 Å². The van der Waals surface area contributed by atoms with E-state index in [0.717, 1.165) is 17.7 Å². The predicted octanol–water partition coefficient (Wildman–Crippen LogP) is 2.79. The van der Waals surface area contributed by atoms with Gasteiger partial charge in [-0.05, 0) is 17.7 Å². The maximum absolute atomic E-state index is 13.6. The number of hydrogen-bond donors (Lipinski definition) is 2. The number of nitrogens with zero attached hydrogens (tertiary/aromatic N) is 2. The number of aliphatic imine (C=N–C) groups is 1. The van der Waals surface area contributed by atoms with Crippen LogP contribution in [0.25, 0.3) is 0 Å². The first-order chi connectivity index (χ1) is 13.5. The van der Waals surface area contributed by atoms with Crippen LogP contribution in [0.1, 0.15) is 5.56 Å². The minimum atomic E-state index is -0.757. The Balaban J connectivity index is 0.00000420. The molecule has 6 nitrogen and oxygen atoms in total. The maximum Gasteiger partial charge on any atom is 0.241 e. The number of ether oxygens (including phenoxy) is 1. The van der Waals surface area contributed by atoms with Gasteiger partial charge in [-0.1, -0.05) is 30.3 Å². The van der Waals surface area contributed by atoms with Gasteiger partial charge in [-0.3, -0.25) is 4.79 Å². The van der Waals surface area contributed by atoms with Gasteiger partial charge in [0.1, 0.15) is 12.4 Å². The Hall–Kier alpha value is -2.43. The van der Waals surface area contributed by atoms with Crippen LogP contribution in [0.15, 0.2) is 53.5 Å². The lowest BCUT2D eigenvalue weighted by Crippen LogP contribution is -2.44. The number of benzene rings is 2. The van der Waals surface area contributed by atoms with Crippen molar-refractivity contribution in [3.05, 3.63) is 65.7 Å². The molecule has 0 aliphatic heterocycles. The monoisotopic (exact) mass is 518 g/mol. The zero-order valence-electron chi connectivity index (χ0n) is 16.3. The van der Waals surface area contributed by atoms with Crippen molar-refractivity contribution in [1.29, 1.82) is 0 Å². The van der Waals surface area contributed by atoms with Crippen LogP contribution in [0.2, 0.25) is 0 Å². The molecule has 0 bridgehead atoms. The molecule has 29 heavy (non-hydrogen) atoms. The summed E-state index contributed by atoms with van der Waals surface area (Å²) in [7, 11) is 3.34. The third kappa shape index (κ3) is 9.07. The lowest BCUT2D eigenvalue weighted by molar-refractivity contribution is -0.127. The molecule has 9 heteroatoms. The normalized spacial score (nSPS) is 10.7. The molecular weight excluding hydrogens is 493 g/mol. The smallest absolute Gasteiger partial charge is 0.241 e. The minimum absolute atomic E-state index is 0. The number of carbonyl (C=O) groups excluding carboxylic acids is 1. The van der Waals surface area contributed by atoms with E-state index in [2.05, 4.69) is 15.6 Å². The van der Waals surface area contributed by atoms with Gasteiger partial charge in [0.15, 0.2) is 17.5 Å². The van der Waals surface area contributed by atoms with Gasteiger partial charge in [0.2, 0.25) is 5.91 Å². The number of likely N-dealkylation sites (N-methyl/N-ethyl adjacent to an activating group) is 1. The standard InChI is InChI=1S/C20H24F2N4O2.HI/c1-26(2)19(27)14-25-20(24-13-15-6-4-3-5-7-15)23-10-11-28-18-9-8-16(21)12-17(18)22;/h3-9,12H,10-11,13-14H2,1-2H3,(H2,23,24,25);1H. The Labute approximate surface area is 186 Å². The highest BCUT2D eigenvalue weighted by molar-refractivity contribution is 14.0. The van der Waals surface area contributed by atoms with Crippen molar-refractivity contribution < 1.29 is 18.3 Å². The molecule has 2 aromatic carbocycles. The fourth-order valence-electron chi connectivity index (χ4n) is 2.17. The van der Waals surface area contributed by atoms with Gasteiger partial charge in [0.25, 0.3) is 0 Å². The summed E-state index contributed by atoms with van der Waals surface area (Å²) in [6.07, 6.45) is 0. The second-order valence-electron chi connectivity index (χ2n) is 6.14. The highest BCUT2D eigenvalue weighted by atomic mass is 127. The first kappa shape index (κ1) is 24.6. The van der Waals surface area contributed by atoms with E-state index in [9.17, 15) is 13.6 Å². The van der Waals surface area contributed by atoms with E-state index >= 15 is 0 Å². The Morgan fingerprint density at radius 2 is 1.83 bits per heavy atom. The highest BCUT2D eigenvalue weighted by Crippen LogP contribution is 2.17. The molecule has 0 aliphatic carbocycles. The molecule has 2 aromatic rings. The summed E-state index contributed by atoms with van der Waals surface area (Å²) in [4.78, 5) is 17.7. The van der Waals surface area contributed by atoms with Crippen molar-refractivity contribution in [2.24, 2.45) is 4.99 Å². The first-order valence-electron chi connectivity index (χ1n) is 8.80. The molecule has 158 valence electrons. The van der Waals surface area contributed by atoms with Gasteiger partial charge in [-0.25, -0.2) is 13.8 Å². The summed E-state index contributed by atoms with van der Waals surface area (Å²) in [6, 6.07) is 12.8. The molecule has 2 N–H and O–H groups in total. The molecule has 0 heterocycles. The number of hydrogen-bond acceptors (Lipinski definition) is 3. The number of carbonyl (C=O) groups is 1. The van der Waals surface area contributed by atoms with Crippen molar-refractivity contribution >= 4 is 35.8 Å². The Morgan fingerprint density at radius 1 is 1.10 bits per heavy atom. The lowest BCUT2D eigenvalue weighted by atomic mass is 10.2. The average molecular weight is 518 g/mol. The molecule has 0 spiro atoms. The fourth-order valence-corrected chi connectivity index (χ4v) is 2.17. The topological polar surface area (TPSA) is 66.0 Å². The molecule has 0 fully saturated rings. The summed E-state index contributed by atoms with van der Waals surface area (Å²) in [6.45, 7) is 0.963. The molecule has 0 saturated heterocycles. The van der Waals surface area contributed by atoms with Crippen molar-refractivity contribution in [1.82, 2.24) is 15.5 Å². The van der Waals surface area contributed by atoms with E-state index in [1.165, 1.54) is 11.0 Å². The number of guanidine groups is 1. The van der Waals surface area contributed by atoms with Gasteiger partial charge in [-0.2, -0.15) is 0 Å². The zero-order valence-corrected chi connectivity index (χ0v) is 18.7. The first-order valence-corrected chi connectivity index (χ1v) is 8.80. The third-order valence-electron chi connectivity index (χ3n) is 3.71. The molecule has 2 rings (SSSR count). The van der Waals surface area contributed by atoms with Crippen LogP contribution in [-0.4, -0.2) is 50.6 Å². The molecule has 0 unspecified atom stereocenters. The second-order valence-corrected chi connectivity index (χ2v) is 6.14. The summed E-state index contributed by atoms with van der Waals surface area (Å²) < 4.78 is 31.8.